The molecule has 0 radical (unpaired) electrons. The van der Waals surface area contributed by atoms with E-state index < -0.39 is 12.1 Å². The molecule has 0 saturated carbocycles. The number of rotatable bonds is 5. The lowest BCUT2D eigenvalue weighted by atomic mass is 10.2. The molecule has 0 aromatic carbocycles. The summed E-state index contributed by atoms with van der Waals surface area (Å²) in [4.78, 5) is 25.3. The molecule has 0 bridgehead atoms. The Kier molecular flexibility index (Phi) is 5.98. The van der Waals surface area contributed by atoms with Gasteiger partial charge in [-0.3, -0.25) is 10.1 Å². The lowest BCUT2D eigenvalue weighted by Gasteiger charge is -2.18. The molecular weight excluding hydrogens is 262 g/mol. The molecule has 3 amide bonds. The molecule has 0 aliphatic heterocycles. The van der Waals surface area contributed by atoms with Crippen LogP contribution in [0.3, 0.4) is 0 Å². The summed E-state index contributed by atoms with van der Waals surface area (Å²) < 4.78 is 0. The van der Waals surface area contributed by atoms with E-state index in [1.165, 1.54) is 16.8 Å². The van der Waals surface area contributed by atoms with Crippen LogP contribution in [0.1, 0.15) is 23.6 Å². The van der Waals surface area contributed by atoms with Crippen molar-refractivity contribution in [3.63, 3.8) is 0 Å². The first-order valence-corrected chi connectivity index (χ1v) is 7.08. The van der Waals surface area contributed by atoms with Gasteiger partial charge in [0.2, 0.25) is 5.91 Å². The van der Waals surface area contributed by atoms with E-state index in [9.17, 15) is 9.59 Å². The largest absolute Gasteiger partial charge is 0.341 e. The van der Waals surface area contributed by atoms with E-state index >= 15 is 0 Å². The quantitative estimate of drug-likeness (QED) is 0.765. The van der Waals surface area contributed by atoms with Gasteiger partial charge in [-0.1, -0.05) is 0 Å². The first kappa shape index (κ1) is 15.7. The summed E-state index contributed by atoms with van der Waals surface area (Å²) in [6.07, 6.45) is 0.871. The number of carbonyl (C=O) groups is 2. The van der Waals surface area contributed by atoms with Crippen molar-refractivity contribution in [1.29, 1.82) is 0 Å². The normalized spacial score (nSPS) is 13.7. The van der Waals surface area contributed by atoms with Crippen molar-refractivity contribution in [3.8, 4) is 0 Å². The molecule has 0 fully saturated rings. The molecule has 1 heterocycles. The smallest absolute Gasteiger partial charge is 0.321 e. The Bertz CT molecular complexity index is 445. The van der Waals surface area contributed by atoms with Crippen LogP contribution in [0.2, 0.25) is 0 Å². The van der Waals surface area contributed by atoms with Gasteiger partial charge < -0.3 is 10.6 Å². The molecule has 6 heteroatoms. The predicted octanol–water partition coefficient (Wildman–Crippen LogP) is 1.42. The number of urea groups is 1. The number of carbonyl (C=O) groups excluding carboxylic acids is 2. The summed E-state index contributed by atoms with van der Waals surface area (Å²) in [6.45, 7) is 5.85. The standard InChI is InChI=1S/C13H21N3O2S/c1-8(7-11-6-5-9(2)19-11)15-10(3)12(17)16-13(18)14-4/h5-6,8,10,15H,7H2,1-4H3,(H2,14,16,17,18). The molecule has 1 rings (SSSR count). The Morgan fingerprint density at radius 3 is 2.53 bits per heavy atom. The van der Waals surface area contributed by atoms with Gasteiger partial charge in [-0.2, -0.15) is 0 Å². The summed E-state index contributed by atoms with van der Waals surface area (Å²) in [5.41, 5.74) is 0. The second-order valence-electron chi connectivity index (χ2n) is 4.57. The molecule has 1 aromatic heterocycles. The molecule has 2 atom stereocenters. The van der Waals surface area contributed by atoms with Crippen LogP contribution in [-0.4, -0.2) is 31.1 Å². The third-order valence-electron chi connectivity index (χ3n) is 2.69. The second-order valence-corrected chi connectivity index (χ2v) is 5.95. The van der Waals surface area contributed by atoms with Crippen molar-refractivity contribution in [1.82, 2.24) is 16.0 Å². The maximum Gasteiger partial charge on any atom is 0.321 e. The summed E-state index contributed by atoms with van der Waals surface area (Å²) in [5, 5.41) is 7.78. The Hall–Kier alpha value is -1.40. The molecule has 1 aromatic rings. The van der Waals surface area contributed by atoms with Crippen LogP contribution in [0.5, 0.6) is 0 Å². The van der Waals surface area contributed by atoms with Crippen molar-refractivity contribution in [2.75, 3.05) is 7.05 Å². The zero-order valence-electron chi connectivity index (χ0n) is 11.7. The third-order valence-corrected chi connectivity index (χ3v) is 3.72. The number of imide groups is 1. The maximum absolute atomic E-state index is 11.7. The molecule has 0 aliphatic rings. The van der Waals surface area contributed by atoms with E-state index in [4.69, 9.17) is 0 Å². The zero-order valence-corrected chi connectivity index (χ0v) is 12.6. The van der Waals surface area contributed by atoms with Gasteiger partial charge in [-0.05, 0) is 39.3 Å². The highest BCUT2D eigenvalue weighted by molar-refractivity contribution is 7.11. The fourth-order valence-corrected chi connectivity index (χ4v) is 2.76. The molecule has 0 saturated heterocycles. The maximum atomic E-state index is 11.7. The minimum atomic E-state index is -0.486. The molecule has 106 valence electrons. The molecule has 5 nitrogen and oxygen atoms in total. The van der Waals surface area contributed by atoms with Crippen LogP contribution in [0.4, 0.5) is 4.79 Å². The summed E-state index contributed by atoms with van der Waals surface area (Å²) in [6, 6.07) is 3.47. The topological polar surface area (TPSA) is 70.2 Å². The van der Waals surface area contributed by atoms with E-state index in [-0.39, 0.29) is 11.9 Å². The number of amides is 3. The molecule has 0 aliphatic carbocycles. The highest BCUT2D eigenvalue weighted by atomic mass is 32.1. The number of aryl methyl sites for hydroxylation is 1. The van der Waals surface area contributed by atoms with Crippen molar-refractivity contribution in [2.24, 2.45) is 0 Å². The zero-order chi connectivity index (χ0) is 14.4. The Balaban J connectivity index is 2.40. The van der Waals surface area contributed by atoms with E-state index in [0.29, 0.717) is 0 Å². The molecular formula is C13H21N3O2S. The SMILES string of the molecule is CNC(=O)NC(=O)C(C)NC(C)Cc1ccc(C)s1. The van der Waals surface area contributed by atoms with Gasteiger partial charge in [0.05, 0.1) is 6.04 Å². The van der Waals surface area contributed by atoms with Gasteiger partial charge in [0, 0.05) is 22.8 Å². The van der Waals surface area contributed by atoms with Crippen LogP contribution < -0.4 is 16.0 Å². The van der Waals surface area contributed by atoms with E-state index in [0.717, 1.165) is 6.42 Å². The van der Waals surface area contributed by atoms with E-state index in [2.05, 4.69) is 35.0 Å². The summed E-state index contributed by atoms with van der Waals surface area (Å²) in [5.74, 6) is -0.325. The lowest BCUT2D eigenvalue weighted by molar-refractivity contribution is -0.121. The third kappa shape index (κ3) is 5.40. The highest BCUT2D eigenvalue weighted by Gasteiger charge is 2.17. The number of nitrogens with one attached hydrogen (secondary N) is 3. The predicted molar refractivity (Wildman–Crippen MR) is 77.4 cm³/mol. The van der Waals surface area contributed by atoms with Crippen LogP contribution in [-0.2, 0) is 11.2 Å². The molecule has 2 unspecified atom stereocenters. The van der Waals surface area contributed by atoms with Crippen molar-refractivity contribution < 1.29 is 9.59 Å². The molecule has 3 N–H and O–H groups in total. The van der Waals surface area contributed by atoms with Gasteiger partial charge in [-0.15, -0.1) is 11.3 Å². The first-order chi connectivity index (χ1) is 8.92. The van der Waals surface area contributed by atoms with Crippen LogP contribution in [0, 0.1) is 6.92 Å². The van der Waals surface area contributed by atoms with Gasteiger partial charge in [-0.25, -0.2) is 4.79 Å². The number of thiophene rings is 1. The van der Waals surface area contributed by atoms with Crippen molar-refractivity contribution >= 4 is 23.3 Å². The van der Waals surface area contributed by atoms with E-state index in [1.54, 1.807) is 18.3 Å². The minimum Gasteiger partial charge on any atom is -0.341 e. The minimum absolute atomic E-state index is 0.170. The molecule has 19 heavy (non-hydrogen) atoms. The van der Waals surface area contributed by atoms with Crippen LogP contribution >= 0.6 is 11.3 Å². The second kappa shape index (κ2) is 7.25. The average Bonchev–Trinajstić information content (AvgIpc) is 2.74. The fourth-order valence-electron chi connectivity index (χ4n) is 1.74. The van der Waals surface area contributed by atoms with Crippen molar-refractivity contribution in [3.05, 3.63) is 21.9 Å². The van der Waals surface area contributed by atoms with Crippen LogP contribution in [0.25, 0.3) is 0 Å². The molecule has 0 spiro atoms. The Labute approximate surface area is 117 Å². The van der Waals surface area contributed by atoms with Gasteiger partial charge in [0.25, 0.3) is 0 Å². The first-order valence-electron chi connectivity index (χ1n) is 6.26. The van der Waals surface area contributed by atoms with Gasteiger partial charge in [0.15, 0.2) is 0 Å². The monoisotopic (exact) mass is 283 g/mol. The summed E-state index contributed by atoms with van der Waals surface area (Å²) in [7, 11) is 1.47. The summed E-state index contributed by atoms with van der Waals surface area (Å²) >= 11 is 1.76. The van der Waals surface area contributed by atoms with Gasteiger partial charge in [0.1, 0.15) is 0 Å². The number of hydrogen-bond donors (Lipinski definition) is 3. The highest BCUT2D eigenvalue weighted by Crippen LogP contribution is 2.16. The number of hydrogen-bond acceptors (Lipinski definition) is 4. The Morgan fingerprint density at radius 2 is 2.00 bits per heavy atom. The lowest BCUT2D eigenvalue weighted by Crippen LogP contribution is -2.49. The average molecular weight is 283 g/mol. The van der Waals surface area contributed by atoms with Crippen molar-refractivity contribution in [2.45, 2.75) is 39.3 Å². The van der Waals surface area contributed by atoms with Gasteiger partial charge >= 0.3 is 6.03 Å². The van der Waals surface area contributed by atoms with E-state index in [1.807, 2.05) is 6.92 Å². The van der Waals surface area contributed by atoms with Crippen LogP contribution in [0.15, 0.2) is 12.1 Å². The Morgan fingerprint density at radius 1 is 1.32 bits per heavy atom. The fraction of sp³-hybridized carbons (Fsp3) is 0.538.